The van der Waals surface area contributed by atoms with Gasteiger partial charge in [-0.2, -0.15) is 0 Å². The Morgan fingerprint density at radius 2 is 1.88 bits per heavy atom. The van der Waals surface area contributed by atoms with Crippen molar-refractivity contribution in [3.8, 4) is 0 Å². The van der Waals surface area contributed by atoms with E-state index in [-0.39, 0.29) is 18.7 Å². The first-order chi connectivity index (χ1) is 11.9. The first-order valence-electron chi connectivity index (χ1n) is 9.28. The Balaban J connectivity index is 0.000000730. The summed E-state index contributed by atoms with van der Waals surface area (Å²) >= 11 is 0. The molecule has 0 spiro atoms. The molecule has 3 heterocycles. The first kappa shape index (κ1) is 21.5. The van der Waals surface area contributed by atoms with Crippen molar-refractivity contribution < 1.29 is 13.6 Å². The van der Waals surface area contributed by atoms with Crippen LogP contribution in [0.4, 0.5) is 8.78 Å². The normalized spacial score (nSPS) is 19.2. The van der Waals surface area contributed by atoms with Crippen molar-refractivity contribution in [2.24, 2.45) is 5.92 Å². The summed E-state index contributed by atoms with van der Waals surface area (Å²) in [5.41, 5.74) is 1.08. The van der Waals surface area contributed by atoms with Gasteiger partial charge in [0.1, 0.15) is 5.69 Å². The van der Waals surface area contributed by atoms with Crippen molar-refractivity contribution in [1.82, 2.24) is 14.8 Å². The van der Waals surface area contributed by atoms with Crippen LogP contribution in [0.1, 0.15) is 57.2 Å². The number of alkyl halides is 2. The van der Waals surface area contributed by atoms with Crippen LogP contribution in [0.25, 0.3) is 0 Å². The number of halogens is 2. The lowest BCUT2D eigenvalue weighted by Crippen LogP contribution is -2.44. The third-order valence-corrected chi connectivity index (χ3v) is 4.01. The molecule has 0 unspecified atom stereocenters. The molecular weight excluding hydrogens is 324 g/mol. The second-order valence-electron chi connectivity index (χ2n) is 6.15. The highest BCUT2D eigenvalue weighted by molar-refractivity contribution is 5.92. The fourth-order valence-electron chi connectivity index (χ4n) is 2.94. The lowest BCUT2D eigenvalue weighted by Gasteiger charge is -2.36. The molecule has 25 heavy (non-hydrogen) atoms. The quantitative estimate of drug-likeness (QED) is 0.820. The van der Waals surface area contributed by atoms with E-state index in [1.807, 2.05) is 33.8 Å². The molecule has 142 valence electrons. The van der Waals surface area contributed by atoms with Gasteiger partial charge in [0.2, 0.25) is 0 Å². The molecule has 0 N–H and O–H groups in total. The highest BCUT2D eigenvalue weighted by atomic mass is 19.3. The molecular formula is C19H31F2N3O. The van der Waals surface area contributed by atoms with Gasteiger partial charge in [-0.25, -0.2) is 13.8 Å². The van der Waals surface area contributed by atoms with Crippen molar-refractivity contribution in [3.05, 3.63) is 29.6 Å². The van der Waals surface area contributed by atoms with Gasteiger partial charge in [0.25, 0.3) is 11.8 Å². The van der Waals surface area contributed by atoms with E-state index in [9.17, 15) is 13.6 Å². The van der Waals surface area contributed by atoms with E-state index in [0.717, 1.165) is 18.8 Å². The van der Waals surface area contributed by atoms with Gasteiger partial charge in [-0.1, -0.05) is 40.7 Å². The maximum atomic E-state index is 13.2. The van der Waals surface area contributed by atoms with Gasteiger partial charge in [-0.05, 0) is 18.1 Å². The van der Waals surface area contributed by atoms with E-state index in [2.05, 4.69) is 16.8 Å². The molecule has 1 amide bonds. The number of likely N-dealkylation sites (tertiary alicyclic amines) is 2. The van der Waals surface area contributed by atoms with Crippen molar-refractivity contribution in [1.29, 1.82) is 0 Å². The average molecular weight is 355 g/mol. The number of carbonyl (C=O) groups is 1. The maximum absolute atomic E-state index is 13.2. The van der Waals surface area contributed by atoms with Crippen LogP contribution >= 0.6 is 0 Å². The molecule has 0 atom stereocenters. The molecule has 2 aliphatic rings. The summed E-state index contributed by atoms with van der Waals surface area (Å²) in [7, 11) is 0. The Morgan fingerprint density at radius 1 is 1.24 bits per heavy atom. The molecule has 4 nitrogen and oxygen atoms in total. The topological polar surface area (TPSA) is 36.4 Å². The minimum atomic E-state index is -2.76. The van der Waals surface area contributed by atoms with E-state index in [1.165, 1.54) is 4.90 Å². The first-order valence-corrected chi connectivity index (χ1v) is 9.28. The zero-order chi connectivity index (χ0) is 19.0. The lowest BCUT2D eigenvalue weighted by molar-refractivity contribution is 0.0119. The van der Waals surface area contributed by atoms with E-state index in [0.29, 0.717) is 12.5 Å². The van der Waals surface area contributed by atoms with E-state index in [1.54, 1.807) is 12.1 Å². The van der Waals surface area contributed by atoms with Crippen LogP contribution in [0.3, 0.4) is 0 Å². The third kappa shape index (κ3) is 6.03. The number of pyridine rings is 1. The Bertz CT molecular complexity index is 545. The fraction of sp³-hybridized carbons (Fsp3) is 0.684. The number of hydrogen-bond acceptors (Lipinski definition) is 3. The number of carbonyl (C=O) groups excluding carboxylic acids is 1. The number of rotatable bonds is 3. The molecule has 0 aliphatic carbocycles. The van der Waals surface area contributed by atoms with Gasteiger partial charge < -0.3 is 4.90 Å². The molecule has 0 radical (unpaired) electrons. The largest absolute Gasteiger partial charge is 0.331 e. The number of nitrogens with zero attached hydrogens (tertiary/aromatic N) is 3. The predicted octanol–water partition coefficient (Wildman–Crippen LogP) is 4.07. The smallest absolute Gasteiger partial charge is 0.272 e. The van der Waals surface area contributed by atoms with Crippen LogP contribution in [0.5, 0.6) is 0 Å². The molecule has 0 saturated carbocycles. The van der Waals surface area contributed by atoms with Crippen LogP contribution in [-0.4, -0.2) is 52.8 Å². The Morgan fingerprint density at radius 3 is 2.40 bits per heavy atom. The molecule has 0 bridgehead atoms. The van der Waals surface area contributed by atoms with Crippen LogP contribution in [0, 0.1) is 5.92 Å². The van der Waals surface area contributed by atoms with Crippen molar-refractivity contribution in [2.45, 2.75) is 53.5 Å². The van der Waals surface area contributed by atoms with Gasteiger partial charge in [0.15, 0.2) is 0 Å². The molecule has 2 fully saturated rings. The Kier molecular flexibility index (Phi) is 8.42. The summed E-state index contributed by atoms with van der Waals surface area (Å²) in [5, 5.41) is 0. The van der Waals surface area contributed by atoms with Crippen LogP contribution in [0.2, 0.25) is 0 Å². The van der Waals surface area contributed by atoms with Crippen LogP contribution < -0.4 is 0 Å². The Labute approximate surface area is 150 Å². The summed E-state index contributed by atoms with van der Waals surface area (Å²) in [6.07, 6.45) is -0.260. The van der Waals surface area contributed by atoms with Gasteiger partial charge >= 0.3 is 0 Å². The zero-order valence-electron chi connectivity index (χ0n) is 16.1. The summed E-state index contributed by atoms with van der Waals surface area (Å²) in [4.78, 5) is 20.0. The molecule has 2 aliphatic heterocycles. The highest BCUT2D eigenvalue weighted by Crippen LogP contribution is 2.27. The van der Waals surface area contributed by atoms with Crippen LogP contribution in [-0.2, 0) is 6.54 Å². The van der Waals surface area contributed by atoms with Crippen molar-refractivity contribution >= 4 is 5.91 Å². The standard InChI is InChI=1S/C15H19F2N3O.2C2H6/c1-11-7-19(8-11)9-12-3-2-4-13(18-12)14(21)20-6-5-15(16,17)10-20;2*1-2/h2-4,11H,5-10H2,1H3;2*1-2H3. The molecule has 2 saturated heterocycles. The fourth-order valence-corrected chi connectivity index (χ4v) is 2.94. The van der Waals surface area contributed by atoms with Crippen LogP contribution in [0.15, 0.2) is 18.2 Å². The highest BCUT2D eigenvalue weighted by Gasteiger charge is 2.40. The minimum Gasteiger partial charge on any atom is -0.331 e. The van der Waals surface area contributed by atoms with Crippen molar-refractivity contribution in [3.63, 3.8) is 0 Å². The minimum absolute atomic E-state index is 0.0986. The SMILES string of the molecule is CC.CC.CC1CN(Cc2cccc(C(=O)N3CCC(F)(F)C3)n2)C1. The third-order valence-electron chi connectivity index (χ3n) is 4.01. The maximum Gasteiger partial charge on any atom is 0.272 e. The second-order valence-corrected chi connectivity index (χ2v) is 6.15. The summed E-state index contributed by atoms with van der Waals surface area (Å²) in [6, 6.07) is 5.24. The van der Waals surface area contributed by atoms with Crippen molar-refractivity contribution in [2.75, 3.05) is 26.2 Å². The summed E-state index contributed by atoms with van der Waals surface area (Å²) < 4.78 is 26.4. The lowest BCUT2D eigenvalue weighted by atomic mass is 10.0. The molecule has 3 rings (SSSR count). The van der Waals surface area contributed by atoms with Gasteiger partial charge in [-0.15, -0.1) is 0 Å². The Hall–Kier alpha value is -1.56. The monoisotopic (exact) mass is 355 g/mol. The molecule has 6 heteroatoms. The van der Waals surface area contributed by atoms with Gasteiger partial charge in [-0.3, -0.25) is 9.69 Å². The number of hydrogen-bond donors (Lipinski definition) is 0. The van der Waals surface area contributed by atoms with E-state index < -0.39 is 18.4 Å². The van der Waals surface area contributed by atoms with E-state index >= 15 is 0 Å². The molecule has 0 aromatic carbocycles. The summed E-state index contributed by atoms with van der Waals surface area (Å²) in [5.74, 6) is -2.45. The predicted molar refractivity (Wildman–Crippen MR) is 96.8 cm³/mol. The van der Waals surface area contributed by atoms with Gasteiger partial charge in [0.05, 0.1) is 12.2 Å². The number of amides is 1. The molecule has 1 aromatic heterocycles. The molecule has 1 aromatic rings. The second kappa shape index (κ2) is 9.80. The number of aromatic nitrogens is 1. The summed E-state index contributed by atoms with van der Waals surface area (Å²) in [6.45, 7) is 12.6. The zero-order valence-corrected chi connectivity index (χ0v) is 16.1. The van der Waals surface area contributed by atoms with Gasteiger partial charge in [0, 0.05) is 32.6 Å². The average Bonchev–Trinajstić information content (AvgIpc) is 2.97. The van der Waals surface area contributed by atoms with E-state index in [4.69, 9.17) is 0 Å².